The Labute approximate surface area is 149 Å². The number of carbonyl (C=O) groups is 1. The second-order valence-electron chi connectivity index (χ2n) is 5.18. The fourth-order valence-electron chi connectivity index (χ4n) is 2.39. The van der Waals surface area contributed by atoms with Crippen molar-refractivity contribution in [3.63, 3.8) is 0 Å². The summed E-state index contributed by atoms with van der Waals surface area (Å²) in [5.74, 6) is -1.15. The van der Waals surface area contributed by atoms with E-state index in [1.54, 1.807) is 0 Å². The van der Waals surface area contributed by atoms with E-state index in [1.165, 1.54) is 12.4 Å². The minimum atomic E-state index is -1.25. The van der Waals surface area contributed by atoms with Crippen LogP contribution in [0.3, 0.4) is 0 Å². The topological polar surface area (TPSA) is 75.4 Å². The number of aromatic nitrogens is 2. The van der Waals surface area contributed by atoms with E-state index in [4.69, 9.17) is 11.6 Å². The van der Waals surface area contributed by atoms with Crippen molar-refractivity contribution in [1.82, 2.24) is 9.97 Å². The van der Waals surface area contributed by atoms with Crippen LogP contribution in [0.1, 0.15) is 22.9 Å². The second-order valence-corrected chi connectivity index (χ2v) is 5.54. The van der Waals surface area contributed by atoms with E-state index in [0.717, 1.165) is 11.1 Å². The van der Waals surface area contributed by atoms with E-state index in [1.807, 2.05) is 60.7 Å². The fourth-order valence-corrected chi connectivity index (χ4v) is 2.59. The van der Waals surface area contributed by atoms with Gasteiger partial charge in [0.1, 0.15) is 5.69 Å². The molecule has 6 heteroatoms. The molecule has 1 N–H and O–H groups in total. The standard InChI is InChI=1S/C19H14ClN3O2/c20-18-16(21-11-12-22-18)17(19(24)25)23-15(13-7-3-1-4-8-13)14-9-5-2-6-10-14/h1-12,17H,(H,24,25). The first-order valence-corrected chi connectivity index (χ1v) is 7.92. The number of carboxylic acid groups (broad SMARTS) is 1. The largest absolute Gasteiger partial charge is 0.479 e. The highest BCUT2D eigenvalue weighted by Crippen LogP contribution is 2.24. The van der Waals surface area contributed by atoms with Crippen molar-refractivity contribution in [1.29, 1.82) is 0 Å². The first-order valence-electron chi connectivity index (χ1n) is 7.54. The van der Waals surface area contributed by atoms with Crippen LogP contribution >= 0.6 is 11.6 Å². The normalized spacial score (nSPS) is 11.6. The van der Waals surface area contributed by atoms with E-state index in [2.05, 4.69) is 15.0 Å². The van der Waals surface area contributed by atoms with Gasteiger partial charge in [-0.25, -0.2) is 9.78 Å². The van der Waals surface area contributed by atoms with E-state index >= 15 is 0 Å². The Kier molecular flexibility index (Phi) is 5.16. The summed E-state index contributed by atoms with van der Waals surface area (Å²) in [7, 11) is 0. The van der Waals surface area contributed by atoms with Gasteiger partial charge in [0.15, 0.2) is 11.2 Å². The van der Waals surface area contributed by atoms with Gasteiger partial charge in [-0.05, 0) is 0 Å². The molecule has 0 aliphatic heterocycles. The van der Waals surface area contributed by atoms with Crippen molar-refractivity contribution in [2.24, 2.45) is 4.99 Å². The lowest BCUT2D eigenvalue weighted by Gasteiger charge is -2.13. The first-order chi connectivity index (χ1) is 12.2. The van der Waals surface area contributed by atoms with Crippen LogP contribution < -0.4 is 0 Å². The minimum absolute atomic E-state index is 0.0270. The summed E-state index contributed by atoms with van der Waals surface area (Å²) in [6, 6.07) is 17.5. The monoisotopic (exact) mass is 351 g/mol. The van der Waals surface area contributed by atoms with Crippen LogP contribution in [0.2, 0.25) is 5.15 Å². The zero-order valence-corrected chi connectivity index (χ0v) is 13.8. The lowest BCUT2D eigenvalue weighted by Crippen LogP contribution is -2.16. The van der Waals surface area contributed by atoms with Crippen molar-refractivity contribution in [3.8, 4) is 0 Å². The Morgan fingerprint density at radius 2 is 1.44 bits per heavy atom. The van der Waals surface area contributed by atoms with Gasteiger partial charge in [0.05, 0.1) is 5.71 Å². The second kappa shape index (κ2) is 7.68. The lowest BCUT2D eigenvalue weighted by molar-refractivity contribution is -0.138. The molecular formula is C19H14ClN3O2. The molecule has 3 rings (SSSR count). The van der Waals surface area contributed by atoms with Crippen LogP contribution in [-0.2, 0) is 4.79 Å². The van der Waals surface area contributed by atoms with Crippen LogP contribution in [0.4, 0.5) is 0 Å². The maximum atomic E-state index is 11.8. The molecule has 2 aromatic carbocycles. The number of hydrogen-bond acceptors (Lipinski definition) is 4. The molecule has 0 fully saturated rings. The Morgan fingerprint density at radius 1 is 0.920 bits per heavy atom. The molecule has 124 valence electrons. The Balaban J connectivity index is 2.17. The number of carboxylic acids is 1. The van der Waals surface area contributed by atoms with Gasteiger partial charge in [-0.2, -0.15) is 0 Å². The van der Waals surface area contributed by atoms with Gasteiger partial charge in [0.2, 0.25) is 0 Å². The van der Waals surface area contributed by atoms with Crippen LogP contribution in [0.15, 0.2) is 78.0 Å². The molecule has 1 aromatic heterocycles. The van der Waals surface area contributed by atoms with Crippen molar-refractivity contribution in [3.05, 3.63) is 95.0 Å². The molecule has 0 saturated heterocycles. The molecule has 0 aliphatic carbocycles. The third kappa shape index (κ3) is 3.89. The number of aliphatic carboxylic acids is 1. The summed E-state index contributed by atoms with van der Waals surface area (Å²) in [4.78, 5) is 24.3. The molecule has 3 aromatic rings. The molecule has 0 aliphatic rings. The lowest BCUT2D eigenvalue weighted by atomic mass is 10.0. The maximum Gasteiger partial charge on any atom is 0.334 e. The van der Waals surface area contributed by atoms with Crippen LogP contribution in [0.25, 0.3) is 0 Å². The molecule has 1 atom stereocenters. The number of nitrogens with zero attached hydrogens (tertiary/aromatic N) is 3. The zero-order valence-electron chi connectivity index (χ0n) is 13.1. The fraction of sp³-hybridized carbons (Fsp3) is 0.0526. The van der Waals surface area contributed by atoms with Gasteiger partial charge in [-0.1, -0.05) is 72.3 Å². The van der Waals surface area contributed by atoms with Crippen molar-refractivity contribution < 1.29 is 9.90 Å². The first kappa shape index (κ1) is 16.8. The molecule has 1 unspecified atom stereocenters. The molecule has 0 saturated carbocycles. The molecule has 0 radical (unpaired) electrons. The number of rotatable bonds is 5. The maximum absolute atomic E-state index is 11.8. The van der Waals surface area contributed by atoms with Crippen molar-refractivity contribution in [2.45, 2.75) is 6.04 Å². The van der Waals surface area contributed by atoms with Crippen LogP contribution in [0, 0.1) is 0 Å². The number of hydrogen-bond donors (Lipinski definition) is 1. The van der Waals surface area contributed by atoms with E-state index in [9.17, 15) is 9.90 Å². The minimum Gasteiger partial charge on any atom is -0.479 e. The van der Waals surface area contributed by atoms with Gasteiger partial charge in [0.25, 0.3) is 0 Å². The quantitative estimate of drug-likeness (QED) is 0.709. The third-order valence-corrected chi connectivity index (χ3v) is 3.82. The summed E-state index contributed by atoms with van der Waals surface area (Å²) in [5.41, 5.74) is 2.27. The zero-order chi connectivity index (χ0) is 17.6. The molecule has 5 nitrogen and oxygen atoms in total. The van der Waals surface area contributed by atoms with E-state index in [0.29, 0.717) is 5.71 Å². The predicted octanol–water partition coefficient (Wildman–Crippen LogP) is 3.79. The Hall–Kier alpha value is -3.05. The SMILES string of the molecule is O=C(O)C(N=C(c1ccccc1)c1ccccc1)c1nccnc1Cl. The highest BCUT2D eigenvalue weighted by Gasteiger charge is 2.25. The molecule has 1 heterocycles. The number of benzene rings is 2. The Bertz CT molecular complexity index is 857. The summed E-state index contributed by atoms with van der Waals surface area (Å²) < 4.78 is 0. The third-order valence-electron chi connectivity index (χ3n) is 3.53. The molecule has 0 spiro atoms. The van der Waals surface area contributed by atoms with Crippen molar-refractivity contribution >= 4 is 23.3 Å². The van der Waals surface area contributed by atoms with E-state index in [-0.39, 0.29) is 10.8 Å². The highest BCUT2D eigenvalue weighted by molar-refractivity contribution is 6.30. The van der Waals surface area contributed by atoms with E-state index < -0.39 is 12.0 Å². The van der Waals surface area contributed by atoms with Gasteiger partial charge < -0.3 is 5.11 Å². The summed E-state index contributed by atoms with van der Waals surface area (Å²) >= 11 is 6.03. The number of halogens is 1. The summed E-state index contributed by atoms with van der Waals surface area (Å²) in [5, 5.41) is 9.69. The average Bonchev–Trinajstić information content (AvgIpc) is 2.65. The van der Waals surface area contributed by atoms with Crippen LogP contribution in [0.5, 0.6) is 0 Å². The van der Waals surface area contributed by atoms with Crippen molar-refractivity contribution in [2.75, 3.05) is 0 Å². The summed E-state index contributed by atoms with van der Waals surface area (Å²) in [6.45, 7) is 0. The average molecular weight is 352 g/mol. The van der Waals surface area contributed by atoms with Crippen LogP contribution in [-0.4, -0.2) is 26.8 Å². The van der Waals surface area contributed by atoms with Gasteiger partial charge in [0, 0.05) is 23.5 Å². The molecule has 0 bridgehead atoms. The molecule has 0 amide bonds. The molecular weight excluding hydrogens is 338 g/mol. The Morgan fingerprint density at radius 3 is 1.92 bits per heavy atom. The number of aliphatic imine (C=N–C) groups is 1. The summed E-state index contributed by atoms with van der Waals surface area (Å²) in [6.07, 6.45) is 2.81. The molecule has 25 heavy (non-hydrogen) atoms. The van der Waals surface area contributed by atoms with Gasteiger partial charge in [-0.15, -0.1) is 0 Å². The van der Waals surface area contributed by atoms with Gasteiger partial charge in [-0.3, -0.25) is 9.98 Å². The van der Waals surface area contributed by atoms with Gasteiger partial charge >= 0.3 is 5.97 Å². The predicted molar refractivity (Wildman–Crippen MR) is 95.9 cm³/mol. The smallest absolute Gasteiger partial charge is 0.334 e. The highest BCUT2D eigenvalue weighted by atomic mass is 35.5.